The van der Waals surface area contributed by atoms with Crippen molar-refractivity contribution in [3.8, 4) is 10.6 Å². The molecule has 1 aliphatic heterocycles. The van der Waals surface area contributed by atoms with Crippen LogP contribution in [0, 0.1) is 10.1 Å². The number of benzene rings is 3. The topological polar surface area (TPSA) is 88.4 Å². The smallest absolute Gasteiger partial charge is 0.293 e. The molecule has 33 heavy (non-hydrogen) atoms. The first-order valence-electron chi connectivity index (χ1n) is 10.8. The minimum absolute atomic E-state index is 0.0234. The van der Waals surface area contributed by atoms with E-state index in [-0.39, 0.29) is 17.2 Å². The number of carbonyl (C=O) groups excluding carboxylic acids is 1. The largest absolute Gasteiger partial charge is 0.366 e. The number of fused-ring (bicyclic) bond motifs is 1. The number of hydrogen-bond acceptors (Lipinski definition) is 6. The Balaban J connectivity index is 1.27. The quantitative estimate of drug-likeness (QED) is 0.309. The number of para-hydroxylation sites is 1. The van der Waals surface area contributed by atoms with Gasteiger partial charge < -0.3 is 10.2 Å². The van der Waals surface area contributed by atoms with Gasteiger partial charge in [0.15, 0.2) is 0 Å². The average molecular weight is 459 g/mol. The Kier molecular flexibility index (Phi) is 5.75. The number of aromatic nitrogens is 1. The van der Waals surface area contributed by atoms with Crippen LogP contribution in [-0.2, 0) is 6.54 Å². The molecule has 166 valence electrons. The third-order valence-corrected chi connectivity index (χ3v) is 6.91. The molecule has 5 rings (SSSR count). The van der Waals surface area contributed by atoms with Crippen molar-refractivity contribution in [1.82, 2.24) is 10.3 Å². The fourth-order valence-electron chi connectivity index (χ4n) is 4.08. The number of hydrogen-bond donors (Lipinski definition) is 1. The summed E-state index contributed by atoms with van der Waals surface area (Å²) in [6, 6.07) is 20.7. The Labute approximate surface area is 194 Å². The number of nitrogens with one attached hydrogen (secondary N) is 1. The number of nitrogens with zero attached hydrogens (tertiary/aromatic N) is 3. The van der Waals surface area contributed by atoms with Crippen LogP contribution in [0.3, 0.4) is 0 Å². The summed E-state index contributed by atoms with van der Waals surface area (Å²) in [5.74, 6) is -0.332. The number of nitro benzene ring substituents is 1. The van der Waals surface area contributed by atoms with Crippen molar-refractivity contribution in [3.63, 3.8) is 0 Å². The lowest BCUT2D eigenvalue weighted by atomic mass is 10.1. The third kappa shape index (κ3) is 4.42. The van der Waals surface area contributed by atoms with Crippen molar-refractivity contribution in [2.45, 2.75) is 19.4 Å². The van der Waals surface area contributed by atoms with Crippen LogP contribution < -0.4 is 10.2 Å². The van der Waals surface area contributed by atoms with E-state index in [0.717, 1.165) is 52.3 Å². The third-order valence-electron chi connectivity index (χ3n) is 5.83. The molecule has 1 aromatic heterocycles. The van der Waals surface area contributed by atoms with Gasteiger partial charge in [-0.25, -0.2) is 4.98 Å². The molecule has 1 N–H and O–H groups in total. The Bertz CT molecular complexity index is 1290. The molecule has 0 bridgehead atoms. The Morgan fingerprint density at radius 3 is 2.55 bits per heavy atom. The normalized spacial score (nSPS) is 13.4. The first kappa shape index (κ1) is 21.1. The SMILES string of the molecule is O=C(NCc1ccc(-c2nc3ccccc3s2)cc1)c1ccc(N2CCCC2)c([N+](=O)[O-])c1. The molecule has 2 heterocycles. The van der Waals surface area contributed by atoms with E-state index in [1.165, 1.54) is 6.07 Å². The maximum atomic E-state index is 12.7. The predicted molar refractivity (Wildman–Crippen MR) is 131 cm³/mol. The van der Waals surface area contributed by atoms with Crippen LogP contribution in [-0.4, -0.2) is 28.9 Å². The zero-order valence-corrected chi connectivity index (χ0v) is 18.7. The number of thiazole rings is 1. The van der Waals surface area contributed by atoms with Crippen LogP contribution in [0.25, 0.3) is 20.8 Å². The fraction of sp³-hybridized carbons (Fsp3) is 0.200. The summed E-state index contributed by atoms with van der Waals surface area (Å²) in [5, 5.41) is 15.4. The summed E-state index contributed by atoms with van der Waals surface area (Å²) in [7, 11) is 0. The van der Waals surface area contributed by atoms with Gasteiger partial charge >= 0.3 is 0 Å². The van der Waals surface area contributed by atoms with Crippen molar-refractivity contribution in [3.05, 3.63) is 88.0 Å². The highest BCUT2D eigenvalue weighted by Crippen LogP contribution is 2.32. The highest BCUT2D eigenvalue weighted by molar-refractivity contribution is 7.21. The van der Waals surface area contributed by atoms with Crippen LogP contribution in [0.15, 0.2) is 66.7 Å². The van der Waals surface area contributed by atoms with Crippen molar-refractivity contribution >= 4 is 38.8 Å². The van der Waals surface area contributed by atoms with Crippen LogP contribution in [0.1, 0.15) is 28.8 Å². The van der Waals surface area contributed by atoms with E-state index in [4.69, 9.17) is 0 Å². The van der Waals surface area contributed by atoms with Crippen molar-refractivity contribution in [2.75, 3.05) is 18.0 Å². The molecule has 1 amide bonds. The lowest BCUT2D eigenvalue weighted by molar-refractivity contribution is -0.384. The van der Waals surface area contributed by atoms with Gasteiger partial charge in [0, 0.05) is 36.8 Å². The highest BCUT2D eigenvalue weighted by atomic mass is 32.1. The lowest BCUT2D eigenvalue weighted by Gasteiger charge is -2.17. The van der Waals surface area contributed by atoms with Crippen LogP contribution in [0.4, 0.5) is 11.4 Å². The molecule has 8 heteroatoms. The maximum Gasteiger partial charge on any atom is 0.293 e. The molecule has 0 aliphatic carbocycles. The van der Waals surface area contributed by atoms with Gasteiger partial charge in [-0.15, -0.1) is 11.3 Å². The molecule has 0 saturated carbocycles. The first-order chi connectivity index (χ1) is 16.1. The number of amides is 1. The molecule has 1 fully saturated rings. The Morgan fingerprint density at radius 1 is 1.06 bits per heavy atom. The van der Waals surface area contributed by atoms with E-state index in [1.54, 1.807) is 23.5 Å². The van der Waals surface area contributed by atoms with E-state index in [9.17, 15) is 14.9 Å². The highest BCUT2D eigenvalue weighted by Gasteiger charge is 2.23. The summed E-state index contributed by atoms with van der Waals surface area (Å²) in [5.41, 5.74) is 3.80. The molecular weight excluding hydrogens is 436 g/mol. The van der Waals surface area contributed by atoms with Crippen LogP contribution in [0.2, 0.25) is 0 Å². The molecule has 1 saturated heterocycles. The second-order valence-corrected chi connectivity index (χ2v) is 9.05. The van der Waals surface area contributed by atoms with Gasteiger partial charge in [-0.2, -0.15) is 0 Å². The molecule has 0 unspecified atom stereocenters. The lowest BCUT2D eigenvalue weighted by Crippen LogP contribution is -2.23. The van der Waals surface area contributed by atoms with Gasteiger partial charge in [-0.3, -0.25) is 14.9 Å². The first-order valence-corrected chi connectivity index (χ1v) is 11.7. The number of carbonyl (C=O) groups is 1. The summed E-state index contributed by atoms with van der Waals surface area (Å²) in [6.45, 7) is 1.94. The van der Waals surface area contributed by atoms with Crippen LogP contribution >= 0.6 is 11.3 Å². The van der Waals surface area contributed by atoms with E-state index in [2.05, 4.69) is 16.4 Å². The molecule has 0 spiro atoms. The second kappa shape index (κ2) is 8.99. The summed E-state index contributed by atoms with van der Waals surface area (Å²) >= 11 is 1.65. The molecular formula is C25H22N4O3S. The van der Waals surface area contributed by atoms with Crippen LogP contribution in [0.5, 0.6) is 0 Å². The predicted octanol–water partition coefficient (Wildman–Crippen LogP) is 5.40. The summed E-state index contributed by atoms with van der Waals surface area (Å²) < 4.78 is 1.15. The molecule has 0 atom stereocenters. The van der Waals surface area contributed by atoms with E-state index < -0.39 is 4.92 Å². The zero-order valence-electron chi connectivity index (χ0n) is 17.9. The second-order valence-electron chi connectivity index (χ2n) is 8.02. The Morgan fingerprint density at radius 2 is 1.82 bits per heavy atom. The van der Waals surface area contributed by atoms with Gasteiger partial charge in [0.2, 0.25) is 0 Å². The van der Waals surface area contributed by atoms with Crippen molar-refractivity contribution < 1.29 is 9.72 Å². The van der Waals surface area contributed by atoms with Gasteiger partial charge in [-0.1, -0.05) is 36.4 Å². The molecule has 3 aromatic carbocycles. The number of rotatable bonds is 6. The zero-order chi connectivity index (χ0) is 22.8. The molecule has 4 aromatic rings. The summed E-state index contributed by atoms with van der Waals surface area (Å²) in [4.78, 5) is 30.5. The van der Waals surface area contributed by atoms with Crippen molar-refractivity contribution in [1.29, 1.82) is 0 Å². The number of nitro groups is 1. The average Bonchev–Trinajstić information content (AvgIpc) is 3.52. The van der Waals surface area contributed by atoms with Gasteiger partial charge in [0.25, 0.3) is 11.6 Å². The van der Waals surface area contributed by atoms with Gasteiger partial charge in [-0.05, 0) is 42.7 Å². The Hall–Kier alpha value is -3.78. The minimum Gasteiger partial charge on any atom is -0.366 e. The number of anilines is 1. The summed E-state index contributed by atoms with van der Waals surface area (Å²) in [6.07, 6.45) is 2.05. The minimum atomic E-state index is -0.412. The van der Waals surface area contributed by atoms with Gasteiger partial charge in [0.05, 0.1) is 15.1 Å². The van der Waals surface area contributed by atoms with E-state index >= 15 is 0 Å². The fourth-order valence-corrected chi connectivity index (χ4v) is 5.05. The molecule has 0 radical (unpaired) electrons. The molecule has 7 nitrogen and oxygen atoms in total. The standard InChI is InChI=1S/C25H22N4O3S/c30-24(19-11-12-21(22(15-19)29(31)32)28-13-3-4-14-28)26-16-17-7-9-18(10-8-17)25-27-20-5-1-2-6-23(20)33-25/h1-2,5-12,15H,3-4,13-14,16H2,(H,26,30). The van der Waals surface area contributed by atoms with E-state index in [0.29, 0.717) is 12.2 Å². The van der Waals surface area contributed by atoms with E-state index in [1.807, 2.05) is 47.4 Å². The molecule has 1 aliphatic rings. The van der Waals surface area contributed by atoms with Crippen molar-refractivity contribution in [2.24, 2.45) is 0 Å². The maximum absolute atomic E-state index is 12.7. The van der Waals surface area contributed by atoms with Gasteiger partial charge in [0.1, 0.15) is 10.7 Å². The monoisotopic (exact) mass is 458 g/mol.